The topological polar surface area (TPSA) is 39.1 Å². The van der Waals surface area contributed by atoms with Gasteiger partial charge >= 0.3 is 0 Å². The molecule has 1 N–H and O–H groups in total. The molecular formula is C13H22BrN3O. The molecule has 102 valence electrons. The van der Waals surface area contributed by atoms with Gasteiger partial charge in [-0.15, -0.1) is 0 Å². The first-order chi connectivity index (χ1) is 8.72. The molecule has 1 fully saturated rings. The molecule has 1 saturated heterocycles. The van der Waals surface area contributed by atoms with E-state index in [4.69, 9.17) is 4.74 Å². The maximum absolute atomic E-state index is 5.86. The fourth-order valence-corrected chi connectivity index (χ4v) is 3.08. The summed E-state index contributed by atoms with van der Waals surface area (Å²) in [6.45, 7) is 5.88. The van der Waals surface area contributed by atoms with Crippen molar-refractivity contribution in [1.82, 2.24) is 15.1 Å². The second kappa shape index (κ2) is 6.68. The first kappa shape index (κ1) is 14.0. The molecule has 0 saturated carbocycles. The van der Waals surface area contributed by atoms with Crippen LogP contribution in [0, 0.1) is 5.92 Å². The third kappa shape index (κ3) is 3.33. The molecule has 0 unspecified atom stereocenters. The summed E-state index contributed by atoms with van der Waals surface area (Å²) in [5.41, 5.74) is 2.25. The lowest BCUT2D eigenvalue weighted by Gasteiger charge is -2.22. The molecule has 18 heavy (non-hydrogen) atoms. The van der Waals surface area contributed by atoms with Crippen molar-refractivity contribution < 1.29 is 4.74 Å². The van der Waals surface area contributed by atoms with Gasteiger partial charge in [0.15, 0.2) is 0 Å². The Hall–Kier alpha value is -0.390. The lowest BCUT2D eigenvalue weighted by atomic mass is 9.99. The maximum Gasteiger partial charge on any atom is 0.0896 e. The van der Waals surface area contributed by atoms with Crippen LogP contribution in [0.3, 0.4) is 0 Å². The fraction of sp³-hybridized carbons (Fsp3) is 0.769. The zero-order valence-corrected chi connectivity index (χ0v) is 12.8. The van der Waals surface area contributed by atoms with Gasteiger partial charge in [-0.3, -0.25) is 4.68 Å². The average molecular weight is 316 g/mol. The summed E-state index contributed by atoms with van der Waals surface area (Å²) >= 11 is 3.62. The predicted octanol–water partition coefficient (Wildman–Crippen LogP) is 2.26. The number of aryl methyl sites for hydroxylation is 2. The van der Waals surface area contributed by atoms with Gasteiger partial charge in [-0.1, -0.05) is 6.92 Å². The monoisotopic (exact) mass is 315 g/mol. The highest BCUT2D eigenvalue weighted by atomic mass is 79.9. The van der Waals surface area contributed by atoms with Crippen LogP contribution >= 0.6 is 15.9 Å². The maximum atomic E-state index is 5.86. The molecule has 2 heterocycles. The van der Waals surface area contributed by atoms with Gasteiger partial charge in [-0.2, -0.15) is 5.10 Å². The van der Waals surface area contributed by atoms with Crippen molar-refractivity contribution in [1.29, 1.82) is 0 Å². The van der Waals surface area contributed by atoms with Crippen molar-refractivity contribution in [2.75, 3.05) is 19.7 Å². The van der Waals surface area contributed by atoms with Crippen molar-refractivity contribution >= 4 is 15.9 Å². The predicted molar refractivity (Wildman–Crippen MR) is 75.5 cm³/mol. The lowest BCUT2D eigenvalue weighted by molar-refractivity contribution is 0.0723. The Morgan fingerprint density at radius 2 is 2.17 bits per heavy atom. The molecule has 1 aromatic rings. The smallest absolute Gasteiger partial charge is 0.0896 e. The van der Waals surface area contributed by atoms with Crippen LogP contribution in [-0.4, -0.2) is 29.5 Å². The summed E-state index contributed by atoms with van der Waals surface area (Å²) in [6.07, 6.45) is 3.41. The standard InChI is InChI=1S/C13H22BrN3O/c1-3-11-13(14)12(17(2)16-11)9-18-8-10-4-6-15-7-5-10/h10,15H,3-9H2,1-2H3. The summed E-state index contributed by atoms with van der Waals surface area (Å²) in [5.74, 6) is 0.712. The number of hydrogen-bond acceptors (Lipinski definition) is 3. The molecule has 0 radical (unpaired) electrons. The minimum atomic E-state index is 0.647. The first-order valence-electron chi connectivity index (χ1n) is 6.71. The molecule has 0 aromatic carbocycles. The Bertz CT molecular complexity index is 386. The Morgan fingerprint density at radius 3 is 2.78 bits per heavy atom. The summed E-state index contributed by atoms with van der Waals surface area (Å²) in [5, 5.41) is 7.85. The van der Waals surface area contributed by atoms with E-state index in [0.29, 0.717) is 12.5 Å². The molecule has 0 spiro atoms. The van der Waals surface area contributed by atoms with E-state index in [1.54, 1.807) is 0 Å². The second-order valence-corrected chi connectivity index (χ2v) is 5.69. The van der Waals surface area contributed by atoms with Gasteiger partial charge < -0.3 is 10.1 Å². The van der Waals surface area contributed by atoms with Crippen LogP contribution < -0.4 is 5.32 Å². The van der Waals surface area contributed by atoms with Gasteiger partial charge in [0.2, 0.25) is 0 Å². The number of rotatable bonds is 5. The Balaban J connectivity index is 1.84. The van der Waals surface area contributed by atoms with E-state index in [1.807, 2.05) is 11.7 Å². The molecule has 2 rings (SSSR count). The summed E-state index contributed by atoms with van der Waals surface area (Å²) < 4.78 is 8.89. The van der Waals surface area contributed by atoms with Crippen LogP contribution in [0.15, 0.2) is 4.47 Å². The Kier molecular flexibility index (Phi) is 5.21. The minimum Gasteiger partial charge on any atom is -0.375 e. The molecular weight excluding hydrogens is 294 g/mol. The van der Waals surface area contributed by atoms with Gasteiger partial charge in [0.1, 0.15) is 0 Å². The van der Waals surface area contributed by atoms with Gasteiger partial charge in [0, 0.05) is 7.05 Å². The third-order valence-corrected chi connectivity index (χ3v) is 4.47. The molecule has 0 aliphatic carbocycles. The summed E-state index contributed by atoms with van der Waals surface area (Å²) in [7, 11) is 1.98. The van der Waals surface area contributed by atoms with Crippen LogP contribution in [0.4, 0.5) is 0 Å². The van der Waals surface area contributed by atoms with E-state index in [-0.39, 0.29) is 0 Å². The van der Waals surface area contributed by atoms with Crippen LogP contribution in [-0.2, 0) is 24.8 Å². The normalized spacial score (nSPS) is 17.3. The van der Waals surface area contributed by atoms with E-state index in [2.05, 4.69) is 33.3 Å². The molecule has 5 heteroatoms. The van der Waals surface area contributed by atoms with Crippen molar-refractivity contribution in [3.63, 3.8) is 0 Å². The lowest BCUT2D eigenvalue weighted by Crippen LogP contribution is -2.30. The molecule has 0 atom stereocenters. The largest absolute Gasteiger partial charge is 0.375 e. The van der Waals surface area contributed by atoms with Gasteiger partial charge in [-0.05, 0) is 54.2 Å². The van der Waals surface area contributed by atoms with Crippen LogP contribution in [0.25, 0.3) is 0 Å². The minimum absolute atomic E-state index is 0.647. The first-order valence-corrected chi connectivity index (χ1v) is 7.50. The highest BCUT2D eigenvalue weighted by Crippen LogP contribution is 2.22. The average Bonchev–Trinajstić information content (AvgIpc) is 2.67. The van der Waals surface area contributed by atoms with Crippen LogP contribution in [0.5, 0.6) is 0 Å². The van der Waals surface area contributed by atoms with E-state index in [9.17, 15) is 0 Å². The highest BCUT2D eigenvalue weighted by molar-refractivity contribution is 9.10. The van der Waals surface area contributed by atoms with E-state index >= 15 is 0 Å². The number of nitrogens with one attached hydrogen (secondary N) is 1. The third-order valence-electron chi connectivity index (χ3n) is 3.55. The zero-order chi connectivity index (χ0) is 13.0. The van der Waals surface area contributed by atoms with E-state index in [1.165, 1.54) is 12.8 Å². The number of ether oxygens (including phenoxy) is 1. The SMILES string of the molecule is CCc1nn(C)c(COCC2CCNCC2)c1Br. The zero-order valence-electron chi connectivity index (χ0n) is 11.2. The number of halogens is 1. The Morgan fingerprint density at radius 1 is 1.44 bits per heavy atom. The van der Waals surface area contributed by atoms with Gasteiger partial charge in [0.05, 0.1) is 29.1 Å². The molecule has 1 aliphatic rings. The van der Waals surface area contributed by atoms with Gasteiger partial charge in [0.25, 0.3) is 0 Å². The van der Waals surface area contributed by atoms with Crippen molar-refractivity contribution in [2.45, 2.75) is 32.8 Å². The van der Waals surface area contributed by atoms with Crippen molar-refractivity contribution in [3.05, 3.63) is 15.9 Å². The number of hydrogen-bond donors (Lipinski definition) is 1. The molecule has 1 aliphatic heterocycles. The highest BCUT2D eigenvalue weighted by Gasteiger charge is 2.15. The number of nitrogens with zero attached hydrogens (tertiary/aromatic N) is 2. The van der Waals surface area contributed by atoms with Crippen LogP contribution in [0.2, 0.25) is 0 Å². The van der Waals surface area contributed by atoms with E-state index < -0.39 is 0 Å². The number of aromatic nitrogens is 2. The van der Waals surface area contributed by atoms with Gasteiger partial charge in [-0.25, -0.2) is 0 Å². The molecule has 4 nitrogen and oxygen atoms in total. The van der Waals surface area contributed by atoms with E-state index in [0.717, 1.165) is 42.0 Å². The second-order valence-electron chi connectivity index (χ2n) is 4.89. The summed E-state index contributed by atoms with van der Waals surface area (Å²) in [6, 6.07) is 0. The number of piperidine rings is 1. The molecule has 0 bridgehead atoms. The molecule has 0 amide bonds. The fourth-order valence-electron chi connectivity index (χ4n) is 2.35. The quantitative estimate of drug-likeness (QED) is 0.906. The van der Waals surface area contributed by atoms with Crippen molar-refractivity contribution in [2.24, 2.45) is 13.0 Å². The van der Waals surface area contributed by atoms with Crippen molar-refractivity contribution in [3.8, 4) is 0 Å². The summed E-state index contributed by atoms with van der Waals surface area (Å²) in [4.78, 5) is 0. The Labute approximate surface area is 117 Å². The molecule has 1 aromatic heterocycles. The van der Waals surface area contributed by atoms with Crippen LogP contribution in [0.1, 0.15) is 31.2 Å².